The predicted octanol–water partition coefficient (Wildman–Crippen LogP) is 2.48. The van der Waals surface area contributed by atoms with Crippen LogP contribution in [0, 0.1) is 10.1 Å². The molecular formula is C10H7ClF3N7O2. The monoisotopic (exact) mass is 349 g/mol. The summed E-state index contributed by atoms with van der Waals surface area (Å²) in [7, 11) is 0. The number of halogens is 4. The Balaban J connectivity index is 2.42. The number of anilines is 3. The van der Waals surface area contributed by atoms with E-state index in [4.69, 9.17) is 17.4 Å². The summed E-state index contributed by atoms with van der Waals surface area (Å²) in [6.45, 7) is 0. The molecule has 0 atom stereocenters. The molecule has 0 amide bonds. The van der Waals surface area contributed by atoms with Gasteiger partial charge in [0.1, 0.15) is 6.33 Å². The Labute approximate surface area is 130 Å². The number of hydrazine groups is 1. The van der Waals surface area contributed by atoms with Crippen molar-refractivity contribution in [2.24, 2.45) is 5.84 Å². The van der Waals surface area contributed by atoms with Crippen LogP contribution in [0.15, 0.2) is 18.6 Å². The molecule has 0 bridgehead atoms. The van der Waals surface area contributed by atoms with Crippen molar-refractivity contribution in [3.05, 3.63) is 39.3 Å². The minimum Gasteiger partial charge on any atom is -0.318 e. The first kappa shape index (κ1) is 16.6. The Morgan fingerprint density at radius 1 is 1.22 bits per heavy atom. The Morgan fingerprint density at radius 3 is 2.39 bits per heavy atom. The fraction of sp³-hybridized carbons (Fsp3) is 0.100. The standard InChI is InChI=1S/C10H7ClF3N7O2/c11-5-1-4(10(12,13)14)2-16-7(5)19-8-6(21(22)23)9(20-15)18-3-17-8/h1-3H,15H2,(H2,16,17,18,19,20). The van der Waals surface area contributed by atoms with E-state index in [-0.39, 0.29) is 17.5 Å². The highest BCUT2D eigenvalue weighted by molar-refractivity contribution is 6.33. The van der Waals surface area contributed by atoms with Crippen molar-refractivity contribution in [1.29, 1.82) is 0 Å². The van der Waals surface area contributed by atoms with Crippen LogP contribution >= 0.6 is 11.6 Å². The van der Waals surface area contributed by atoms with E-state index < -0.39 is 27.4 Å². The number of alkyl halides is 3. The lowest BCUT2D eigenvalue weighted by Gasteiger charge is -2.11. The lowest BCUT2D eigenvalue weighted by Crippen LogP contribution is -2.13. The highest BCUT2D eigenvalue weighted by atomic mass is 35.5. The summed E-state index contributed by atoms with van der Waals surface area (Å²) in [5.41, 5.74) is 0.333. The molecule has 13 heteroatoms. The van der Waals surface area contributed by atoms with Crippen molar-refractivity contribution in [2.45, 2.75) is 6.18 Å². The van der Waals surface area contributed by atoms with E-state index in [0.717, 1.165) is 6.33 Å². The summed E-state index contributed by atoms with van der Waals surface area (Å²) in [6.07, 6.45) is -3.13. The molecule has 0 aliphatic rings. The Morgan fingerprint density at radius 2 is 1.87 bits per heavy atom. The van der Waals surface area contributed by atoms with Gasteiger partial charge in [-0.1, -0.05) is 11.6 Å². The molecule has 0 spiro atoms. The Kier molecular flexibility index (Phi) is 4.47. The minimum atomic E-state index is -4.62. The van der Waals surface area contributed by atoms with Crippen molar-refractivity contribution in [3.63, 3.8) is 0 Å². The Hall–Kier alpha value is -2.73. The molecule has 0 unspecified atom stereocenters. The van der Waals surface area contributed by atoms with Crippen molar-refractivity contribution in [3.8, 4) is 0 Å². The van der Waals surface area contributed by atoms with Crippen LogP contribution in [-0.2, 0) is 6.18 Å². The summed E-state index contributed by atoms with van der Waals surface area (Å²) in [6, 6.07) is 0.631. The lowest BCUT2D eigenvalue weighted by molar-refractivity contribution is -0.383. The second-order valence-electron chi connectivity index (χ2n) is 4.00. The Bertz CT molecular complexity index is 756. The molecule has 0 aromatic carbocycles. The van der Waals surface area contributed by atoms with Gasteiger partial charge in [0, 0.05) is 6.20 Å². The second kappa shape index (κ2) is 6.18. The molecule has 2 aromatic heterocycles. The number of nitrogen functional groups attached to an aromatic ring is 1. The quantitative estimate of drug-likeness (QED) is 0.435. The third-order valence-electron chi connectivity index (χ3n) is 2.55. The number of nitrogens with zero attached hydrogens (tertiary/aromatic N) is 4. The number of rotatable bonds is 4. The molecular weight excluding hydrogens is 343 g/mol. The molecule has 122 valence electrons. The zero-order valence-electron chi connectivity index (χ0n) is 10.9. The molecule has 2 rings (SSSR count). The van der Waals surface area contributed by atoms with Crippen LogP contribution in [0.5, 0.6) is 0 Å². The van der Waals surface area contributed by atoms with Gasteiger partial charge in [0.05, 0.1) is 15.5 Å². The van der Waals surface area contributed by atoms with Crippen LogP contribution in [0.1, 0.15) is 5.56 Å². The lowest BCUT2D eigenvalue weighted by atomic mass is 10.3. The van der Waals surface area contributed by atoms with E-state index >= 15 is 0 Å². The van der Waals surface area contributed by atoms with Gasteiger partial charge in [-0.25, -0.2) is 20.8 Å². The third kappa shape index (κ3) is 3.54. The van der Waals surface area contributed by atoms with E-state index in [1.54, 1.807) is 0 Å². The van der Waals surface area contributed by atoms with E-state index in [2.05, 4.69) is 20.3 Å². The largest absolute Gasteiger partial charge is 0.417 e. The van der Waals surface area contributed by atoms with Crippen molar-refractivity contribution in [1.82, 2.24) is 15.0 Å². The molecule has 4 N–H and O–H groups in total. The van der Waals surface area contributed by atoms with Gasteiger partial charge in [-0.05, 0) is 6.07 Å². The van der Waals surface area contributed by atoms with Crippen LogP contribution in [0.3, 0.4) is 0 Å². The average Bonchev–Trinajstić information content (AvgIpc) is 2.47. The van der Waals surface area contributed by atoms with Gasteiger partial charge in [0.25, 0.3) is 0 Å². The number of hydrogen-bond acceptors (Lipinski definition) is 8. The van der Waals surface area contributed by atoms with E-state index in [1.807, 2.05) is 5.43 Å². The smallest absolute Gasteiger partial charge is 0.318 e. The molecule has 0 fully saturated rings. The molecule has 0 aliphatic heterocycles. The highest BCUT2D eigenvalue weighted by Gasteiger charge is 2.32. The molecule has 2 heterocycles. The number of nitrogens with one attached hydrogen (secondary N) is 2. The predicted molar refractivity (Wildman–Crippen MR) is 74.0 cm³/mol. The summed E-state index contributed by atoms with van der Waals surface area (Å²) < 4.78 is 37.6. The summed E-state index contributed by atoms with van der Waals surface area (Å²) in [5.74, 6) is 4.23. The fourth-order valence-corrected chi connectivity index (χ4v) is 1.76. The number of pyridine rings is 1. The van der Waals surface area contributed by atoms with Crippen LogP contribution in [-0.4, -0.2) is 19.9 Å². The molecule has 0 radical (unpaired) electrons. The van der Waals surface area contributed by atoms with E-state index in [0.29, 0.717) is 12.3 Å². The number of nitro groups is 1. The second-order valence-corrected chi connectivity index (χ2v) is 4.41. The number of nitrogens with two attached hydrogens (primary N) is 1. The van der Waals surface area contributed by atoms with Gasteiger partial charge < -0.3 is 10.7 Å². The van der Waals surface area contributed by atoms with Crippen molar-refractivity contribution in [2.75, 3.05) is 10.7 Å². The zero-order valence-corrected chi connectivity index (χ0v) is 11.7. The van der Waals surface area contributed by atoms with Gasteiger partial charge in [0.2, 0.25) is 11.6 Å². The topological polar surface area (TPSA) is 132 Å². The zero-order chi connectivity index (χ0) is 17.2. The summed E-state index contributed by atoms with van der Waals surface area (Å²) in [4.78, 5) is 20.9. The van der Waals surface area contributed by atoms with E-state index in [9.17, 15) is 23.3 Å². The van der Waals surface area contributed by atoms with Crippen molar-refractivity contribution < 1.29 is 18.1 Å². The maximum absolute atomic E-state index is 12.5. The first-order chi connectivity index (χ1) is 10.7. The van der Waals surface area contributed by atoms with Gasteiger partial charge in [-0.15, -0.1) is 0 Å². The maximum Gasteiger partial charge on any atom is 0.417 e. The maximum atomic E-state index is 12.5. The first-order valence-electron chi connectivity index (χ1n) is 5.69. The van der Waals surface area contributed by atoms with Crippen LogP contribution in [0.25, 0.3) is 0 Å². The molecule has 0 aliphatic carbocycles. The molecule has 9 nitrogen and oxygen atoms in total. The van der Waals surface area contributed by atoms with Crippen LogP contribution < -0.4 is 16.6 Å². The molecule has 23 heavy (non-hydrogen) atoms. The van der Waals surface area contributed by atoms with E-state index in [1.165, 1.54) is 0 Å². The molecule has 2 aromatic rings. The fourth-order valence-electron chi connectivity index (χ4n) is 1.55. The van der Waals surface area contributed by atoms with Gasteiger partial charge >= 0.3 is 11.9 Å². The average molecular weight is 350 g/mol. The van der Waals surface area contributed by atoms with Crippen LogP contribution in [0.4, 0.5) is 36.3 Å². The minimum absolute atomic E-state index is 0.246. The van der Waals surface area contributed by atoms with Crippen LogP contribution in [0.2, 0.25) is 5.02 Å². The normalized spacial score (nSPS) is 11.2. The molecule has 0 saturated heterocycles. The van der Waals surface area contributed by atoms with Gasteiger partial charge in [-0.3, -0.25) is 10.1 Å². The number of aromatic nitrogens is 3. The summed E-state index contributed by atoms with van der Waals surface area (Å²) in [5, 5.41) is 13.0. The highest BCUT2D eigenvalue weighted by Crippen LogP contribution is 2.35. The third-order valence-corrected chi connectivity index (χ3v) is 2.83. The van der Waals surface area contributed by atoms with Gasteiger partial charge in [0.15, 0.2) is 5.82 Å². The van der Waals surface area contributed by atoms with Gasteiger partial charge in [-0.2, -0.15) is 13.2 Å². The first-order valence-corrected chi connectivity index (χ1v) is 6.07. The van der Waals surface area contributed by atoms with Crippen molar-refractivity contribution >= 4 is 34.7 Å². The SMILES string of the molecule is NNc1ncnc(Nc2ncc(C(F)(F)F)cc2Cl)c1[N+](=O)[O-]. The summed E-state index contributed by atoms with van der Waals surface area (Å²) >= 11 is 5.71. The molecule has 0 saturated carbocycles. The number of hydrogen-bond donors (Lipinski definition) is 3.